The fraction of sp³-hybridized carbons (Fsp3) is 0.636. The van der Waals surface area contributed by atoms with E-state index >= 15 is 0 Å². The van der Waals surface area contributed by atoms with Crippen molar-refractivity contribution in [2.75, 3.05) is 32.7 Å². The predicted molar refractivity (Wildman–Crippen MR) is 60.0 cm³/mol. The minimum atomic E-state index is 0.893. The van der Waals surface area contributed by atoms with E-state index in [-0.39, 0.29) is 0 Å². The molecule has 0 saturated heterocycles. The molecule has 0 aromatic carbocycles. The zero-order valence-corrected chi connectivity index (χ0v) is 8.97. The van der Waals surface area contributed by atoms with Crippen LogP contribution in [0.15, 0.2) is 24.8 Å². The molecule has 0 saturated carbocycles. The highest BCUT2D eigenvalue weighted by atomic mass is 15.1. The van der Waals surface area contributed by atoms with Gasteiger partial charge in [-0.1, -0.05) is 25.2 Å². The molecule has 0 aliphatic carbocycles. The SMILES string of the molecule is C=CCNCCN(CC)CC(=C)C. The second-order valence-corrected chi connectivity index (χ2v) is 3.32. The van der Waals surface area contributed by atoms with E-state index in [9.17, 15) is 0 Å². The van der Waals surface area contributed by atoms with Gasteiger partial charge < -0.3 is 5.32 Å². The van der Waals surface area contributed by atoms with E-state index in [4.69, 9.17) is 0 Å². The van der Waals surface area contributed by atoms with E-state index in [1.54, 1.807) is 0 Å². The molecule has 1 N–H and O–H groups in total. The van der Waals surface area contributed by atoms with Gasteiger partial charge in [0.25, 0.3) is 0 Å². The van der Waals surface area contributed by atoms with Crippen LogP contribution in [0.4, 0.5) is 0 Å². The first kappa shape index (κ1) is 12.4. The molecule has 2 heteroatoms. The van der Waals surface area contributed by atoms with Crippen molar-refractivity contribution in [2.45, 2.75) is 13.8 Å². The van der Waals surface area contributed by atoms with Crippen LogP contribution < -0.4 is 5.32 Å². The molecule has 0 aliphatic heterocycles. The second-order valence-electron chi connectivity index (χ2n) is 3.32. The first-order valence-corrected chi connectivity index (χ1v) is 4.89. The normalized spacial score (nSPS) is 10.4. The average molecular weight is 182 g/mol. The highest BCUT2D eigenvalue weighted by Gasteiger charge is 2.00. The van der Waals surface area contributed by atoms with Crippen molar-refractivity contribution in [1.82, 2.24) is 10.2 Å². The van der Waals surface area contributed by atoms with Crippen molar-refractivity contribution in [3.8, 4) is 0 Å². The fourth-order valence-corrected chi connectivity index (χ4v) is 1.17. The maximum Gasteiger partial charge on any atom is 0.0187 e. The third-order valence-corrected chi connectivity index (χ3v) is 1.83. The van der Waals surface area contributed by atoms with Crippen LogP contribution in [0.3, 0.4) is 0 Å². The number of nitrogens with zero attached hydrogens (tertiary/aromatic N) is 1. The van der Waals surface area contributed by atoms with Crippen molar-refractivity contribution in [3.05, 3.63) is 24.8 Å². The maximum absolute atomic E-state index is 3.91. The van der Waals surface area contributed by atoms with Gasteiger partial charge >= 0.3 is 0 Å². The molecule has 0 radical (unpaired) electrons. The summed E-state index contributed by atoms with van der Waals surface area (Å²) >= 11 is 0. The fourth-order valence-electron chi connectivity index (χ4n) is 1.17. The van der Waals surface area contributed by atoms with Crippen molar-refractivity contribution >= 4 is 0 Å². The Morgan fingerprint density at radius 2 is 2.23 bits per heavy atom. The lowest BCUT2D eigenvalue weighted by Gasteiger charge is -2.20. The highest BCUT2D eigenvalue weighted by molar-refractivity contribution is 4.91. The van der Waals surface area contributed by atoms with E-state index in [1.165, 1.54) is 5.57 Å². The van der Waals surface area contributed by atoms with Gasteiger partial charge in [0, 0.05) is 26.2 Å². The summed E-state index contributed by atoms with van der Waals surface area (Å²) in [4.78, 5) is 2.37. The van der Waals surface area contributed by atoms with E-state index in [2.05, 4.69) is 37.2 Å². The van der Waals surface area contributed by atoms with Crippen LogP contribution in [-0.4, -0.2) is 37.6 Å². The molecule has 0 aliphatic rings. The summed E-state index contributed by atoms with van der Waals surface area (Å²) in [5.74, 6) is 0. The lowest BCUT2D eigenvalue weighted by Crippen LogP contribution is -2.33. The van der Waals surface area contributed by atoms with Crippen LogP contribution in [0.2, 0.25) is 0 Å². The Balaban J connectivity index is 3.47. The molecule has 76 valence electrons. The molecule has 0 fully saturated rings. The zero-order chi connectivity index (χ0) is 10.1. The van der Waals surface area contributed by atoms with Crippen LogP contribution in [0.5, 0.6) is 0 Å². The Hall–Kier alpha value is -0.600. The van der Waals surface area contributed by atoms with Gasteiger partial charge in [-0.2, -0.15) is 0 Å². The molecule has 0 atom stereocenters. The first-order valence-electron chi connectivity index (χ1n) is 4.89. The second kappa shape index (κ2) is 8.02. The van der Waals surface area contributed by atoms with Crippen LogP contribution in [0.1, 0.15) is 13.8 Å². The number of nitrogens with one attached hydrogen (secondary N) is 1. The summed E-state index contributed by atoms with van der Waals surface area (Å²) in [5.41, 5.74) is 1.23. The van der Waals surface area contributed by atoms with Crippen LogP contribution in [-0.2, 0) is 0 Å². The van der Waals surface area contributed by atoms with Gasteiger partial charge in [0.05, 0.1) is 0 Å². The van der Waals surface area contributed by atoms with Gasteiger partial charge in [-0.15, -0.1) is 6.58 Å². The van der Waals surface area contributed by atoms with Gasteiger partial charge in [-0.3, -0.25) is 4.90 Å². The lowest BCUT2D eigenvalue weighted by molar-refractivity contribution is 0.312. The lowest BCUT2D eigenvalue weighted by atomic mass is 10.3. The Bertz CT molecular complexity index is 152. The number of hydrogen-bond donors (Lipinski definition) is 1. The number of hydrogen-bond acceptors (Lipinski definition) is 2. The maximum atomic E-state index is 3.91. The summed E-state index contributed by atoms with van der Waals surface area (Å²) in [5, 5.41) is 3.28. The Morgan fingerprint density at radius 1 is 1.54 bits per heavy atom. The largest absolute Gasteiger partial charge is 0.312 e. The van der Waals surface area contributed by atoms with Crippen molar-refractivity contribution in [1.29, 1.82) is 0 Å². The Labute approximate surface area is 82.3 Å². The molecule has 0 heterocycles. The Morgan fingerprint density at radius 3 is 2.69 bits per heavy atom. The summed E-state index contributed by atoms with van der Waals surface area (Å²) in [6, 6.07) is 0. The molecular formula is C11H22N2. The topological polar surface area (TPSA) is 15.3 Å². The smallest absolute Gasteiger partial charge is 0.0187 e. The summed E-state index contributed by atoms with van der Waals surface area (Å²) < 4.78 is 0. The highest BCUT2D eigenvalue weighted by Crippen LogP contribution is 1.93. The van der Waals surface area contributed by atoms with Gasteiger partial charge in [0.15, 0.2) is 0 Å². The quantitative estimate of drug-likeness (QED) is 0.454. The standard InChI is InChI=1S/C11H22N2/c1-5-7-12-8-9-13(6-2)10-11(3)4/h5,12H,1,3,6-10H2,2,4H3. The molecule has 0 aromatic rings. The summed E-state index contributed by atoms with van der Waals surface area (Å²) in [7, 11) is 0. The minimum Gasteiger partial charge on any atom is -0.312 e. The van der Waals surface area contributed by atoms with Gasteiger partial charge in [-0.25, -0.2) is 0 Å². The molecule has 0 amide bonds. The van der Waals surface area contributed by atoms with Gasteiger partial charge in [0.1, 0.15) is 0 Å². The molecule has 13 heavy (non-hydrogen) atoms. The molecule has 0 spiro atoms. The Kier molecular flexibility index (Phi) is 7.65. The van der Waals surface area contributed by atoms with Crippen LogP contribution in [0.25, 0.3) is 0 Å². The van der Waals surface area contributed by atoms with Crippen molar-refractivity contribution in [3.63, 3.8) is 0 Å². The van der Waals surface area contributed by atoms with Crippen molar-refractivity contribution in [2.24, 2.45) is 0 Å². The third kappa shape index (κ3) is 7.75. The molecule has 0 unspecified atom stereocenters. The van der Waals surface area contributed by atoms with E-state index in [0.29, 0.717) is 0 Å². The van der Waals surface area contributed by atoms with Crippen molar-refractivity contribution < 1.29 is 0 Å². The summed E-state index contributed by atoms with van der Waals surface area (Å²) in [6.07, 6.45) is 1.88. The molecule has 2 nitrogen and oxygen atoms in total. The first-order chi connectivity index (χ1) is 6.20. The van der Waals surface area contributed by atoms with Crippen LogP contribution >= 0.6 is 0 Å². The van der Waals surface area contributed by atoms with Crippen LogP contribution in [0, 0.1) is 0 Å². The minimum absolute atomic E-state index is 0.893. The summed E-state index contributed by atoms with van der Waals surface area (Å²) in [6.45, 7) is 16.9. The molecule has 0 aromatic heterocycles. The molecule has 0 bridgehead atoms. The predicted octanol–water partition coefficient (Wildman–Crippen LogP) is 1.66. The van der Waals surface area contributed by atoms with E-state index in [0.717, 1.165) is 32.7 Å². The van der Waals surface area contributed by atoms with E-state index in [1.807, 2.05) is 6.08 Å². The van der Waals surface area contributed by atoms with E-state index < -0.39 is 0 Å². The molecule has 0 rings (SSSR count). The number of likely N-dealkylation sites (N-methyl/N-ethyl adjacent to an activating group) is 1. The number of rotatable bonds is 8. The average Bonchev–Trinajstić information content (AvgIpc) is 2.09. The monoisotopic (exact) mass is 182 g/mol. The van der Waals surface area contributed by atoms with Gasteiger partial charge in [-0.05, 0) is 13.5 Å². The third-order valence-electron chi connectivity index (χ3n) is 1.83. The zero-order valence-electron chi connectivity index (χ0n) is 8.97. The molecular weight excluding hydrogens is 160 g/mol. The van der Waals surface area contributed by atoms with Gasteiger partial charge in [0.2, 0.25) is 0 Å².